The molecular formula is C19H27F3IN5S. The monoisotopic (exact) mass is 541 g/mol. The van der Waals surface area contributed by atoms with Crippen LogP contribution in [-0.4, -0.2) is 38.1 Å². The van der Waals surface area contributed by atoms with Gasteiger partial charge in [0.2, 0.25) is 0 Å². The summed E-state index contributed by atoms with van der Waals surface area (Å²) in [5.74, 6) is 0.631. The molecule has 1 aromatic carbocycles. The minimum absolute atomic E-state index is 0. The number of hydrogen-bond donors (Lipinski definition) is 2. The summed E-state index contributed by atoms with van der Waals surface area (Å²) in [4.78, 5) is 10.3. The first-order valence-electron chi connectivity index (χ1n) is 9.01. The van der Waals surface area contributed by atoms with Gasteiger partial charge in [0.1, 0.15) is 0 Å². The maximum absolute atomic E-state index is 12.6. The number of nitrogens with one attached hydrogen (secondary N) is 2. The van der Waals surface area contributed by atoms with Gasteiger partial charge in [0.05, 0.1) is 11.6 Å². The smallest absolute Gasteiger partial charge is 0.378 e. The van der Waals surface area contributed by atoms with Crippen LogP contribution < -0.4 is 15.5 Å². The van der Waals surface area contributed by atoms with Gasteiger partial charge in [-0.2, -0.15) is 13.2 Å². The molecule has 0 atom stereocenters. The van der Waals surface area contributed by atoms with E-state index >= 15 is 0 Å². The molecule has 0 bridgehead atoms. The van der Waals surface area contributed by atoms with Crippen LogP contribution in [0.3, 0.4) is 0 Å². The van der Waals surface area contributed by atoms with Crippen molar-refractivity contribution in [1.29, 1.82) is 0 Å². The summed E-state index contributed by atoms with van der Waals surface area (Å²) < 4.78 is 37.8. The third-order valence-corrected chi connectivity index (χ3v) is 4.98. The highest BCUT2D eigenvalue weighted by Gasteiger charge is 2.33. The number of aryl methyl sites for hydroxylation is 1. The van der Waals surface area contributed by atoms with Crippen LogP contribution in [0.2, 0.25) is 0 Å². The summed E-state index contributed by atoms with van der Waals surface area (Å²) in [6.45, 7) is 5.68. The number of hydrogen-bond acceptors (Lipinski definition) is 4. The van der Waals surface area contributed by atoms with Crippen molar-refractivity contribution in [1.82, 2.24) is 15.6 Å². The quantitative estimate of drug-likeness (QED) is 0.309. The Morgan fingerprint density at radius 2 is 1.97 bits per heavy atom. The second-order valence-corrected chi connectivity index (χ2v) is 7.44. The molecule has 0 saturated carbocycles. The fraction of sp³-hybridized carbons (Fsp3) is 0.474. The minimum atomic E-state index is -4.39. The maximum atomic E-state index is 12.6. The lowest BCUT2D eigenvalue weighted by Gasteiger charge is -2.15. The van der Waals surface area contributed by atoms with Gasteiger partial charge in [-0.3, -0.25) is 0 Å². The van der Waals surface area contributed by atoms with Crippen LogP contribution in [0.1, 0.15) is 28.8 Å². The average molecular weight is 541 g/mol. The Kier molecular flexibility index (Phi) is 10.2. The molecule has 0 aliphatic heterocycles. The van der Waals surface area contributed by atoms with Crippen molar-refractivity contribution >= 4 is 47.0 Å². The molecule has 0 saturated heterocycles. The van der Waals surface area contributed by atoms with Crippen LogP contribution in [0.5, 0.6) is 0 Å². The molecule has 0 amide bonds. The number of thiazole rings is 1. The summed E-state index contributed by atoms with van der Waals surface area (Å²) in [7, 11) is 4.00. The van der Waals surface area contributed by atoms with E-state index in [0.717, 1.165) is 33.5 Å². The predicted octanol–water partition coefficient (Wildman–Crippen LogP) is 4.45. The second kappa shape index (κ2) is 11.6. The lowest BCUT2D eigenvalue weighted by Crippen LogP contribution is -2.38. The fourth-order valence-electron chi connectivity index (χ4n) is 2.49. The van der Waals surface area contributed by atoms with E-state index in [9.17, 15) is 13.2 Å². The van der Waals surface area contributed by atoms with Crippen LogP contribution >= 0.6 is 35.3 Å². The number of alkyl halides is 3. The Bertz CT molecular complexity index is 805. The number of halogens is 4. The molecule has 0 radical (unpaired) electrons. The van der Waals surface area contributed by atoms with Crippen molar-refractivity contribution in [3.63, 3.8) is 0 Å². The van der Waals surface area contributed by atoms with Gasteiger partial charge in [-0.25, -0.2) is 9.98 Å². The number of nitrogens with zero attached hydrogens (tertiary/aromatic N) is 3. The van der Waals surface area contributed by atoms with Crippen molar-refractivity contribution in [3.05, 3.63) is 45.4 Å². The third kappa shape index (κ3) is 8.00. The fourth-order valence-corrected chi connectivity index (χ4v) is 3.29. The topological polar surface area (TPSA) is 52.6 Å². The van der Waals surface area contributed by atoms with Crippen molar-refractivity contribution in [2.45, 2.75) is 33.0 Å². The van der Waals surface area contributed by atoms with Gasteiger partial charge in [0.25, 0.3) is 0 Å². The summed E-state index contributed by atoms with van der Waals surface area (Å²) >= 11 is 1.02. The van der Waals surface area contributed by atoms with Gasteiger partial charge in [0.15, 0.2) is 11.7 Å². The van der Waals surface area contributed by atoms with Gasteiger partial charge in [0, 0.05) is 44.7 Å². The highest BCUT2D eigenvalue weighted by atomic mass is 127. The first-order valence-corrected chi connectivity index (χ1v) is 9.89. The minimum Gasteiger partial charge on any atom is -0.378 e. The lowest BCUT2D eigenvalue weighted by molar-refractivity contribution is -0.140. The molecule has 162 valence electrons. The molecule has 2 aromatic rings. The van der Waals surface area contributed by atoms with Gasteiger partial charge < -0.3 is 15.5 Å². The Morgan fingerprint density at radius 1 is 1.24 bits per heavy atom. The van der Waals surface area contributed by atoms with Crippen molar-refractivity contribution in [2.75, 3.05) is 32.1 Å². The molecule has 2 N–H and O–H groups in total. The van der Waals surface area contributed by atoms with Crippen LogP contribution in [0.4, 0.5) is 18.9 Å². The Labute approximate surface area is 190 Å². The zero-order valence-electron chi connectivity index (χ0n) is 16.9. The largest absolute Gasteiger partial charge is 0.434 e. The zero-order valence-corrected chi connectivity index (χ0v) is 20.1. The van der Waals surface area contributed by atoms with Gasteiger partial charge in [-0.15, -0.1) is 35.3 Å². The highest BCUT2D eigenvalue weighted by Crippen LogP contribution is 2.30. The number of benzene rings is 1. The maximum Gasteiger partial charge on any atom is 0.434 e. The van der Waals surface area contributed by atoms with E-state index in [0.29, 0.717) is 37.0 Å². The van der Waals surface area contributed by atoms with Gasteiger partial charge in [-0.1, -0.05) is 6.07 Å². The third-order valence-electron chi connectivity index (χ3n) is 4.07. The van der Waals surface area contributed by atoms with E-state index in [1.807, 2.05) is 21.0 Å². The van der Waals surface area contributed by atoms with E-state index in [4.69, 9.17) is 0 Å². The number of anilines is 1. The molecule has 0 unspecified atom stereocenters. The van der Waals surface area contributed by atoms with Crippen LogP contribution in [0.15, 0.2) is 28.6 Å². The first-order chi connectivity index (χ1) is 13.2. The van der Waals surface area contributed by atoms with Crippen LogP contribution in [0, 0.1) is 6.92 Å². The molecule has 1 aromatic heterocycles. The van der Waals surface area contributed by atoms with Crippen molar-refractivity contribution < 1.29 is 13.2 Å². The summed E-state index contributed by atoms with van der Waals surface area (Å²) in [5, 5.41) is 7.80. The highest BCUT2D eigenvalue weighted by molar-refractivity contribution is 14.0. The van der Waals surface area contributed by atoms with Crippen LogP contribution in [-0.2, 0) is 19.1 Å². The van der Waals surface area contributed by atoms with E-state index in [1.165, 1.54) is 0 Å². The number of aromatic nitrogens is 1. The standard InChI is InChI=1S/C19H26F3N5S.HI/c1-5-23-18(24-9-8-17-26-16(12-28-17)19(20,21)22)25-11-14-6-7-15(27(3)4)10-13(14)2;/h6-7,10,12H,5,8-9,11H2,1-4H3,(H2,23,24,25);1H. The van der Waals surface area contributed by atoms with E-state index in [2.05, 4.69) is 50.6 Å². The number of rotatable bonds is 7. The Hall–Kier alpha value is -1.56. The van der Waals surface area contributed by atoms with Crippen molar-refractivity contribution in [2.24, 2.45) is 4.99 Å². The second-order valence-electron chi connectivity index (χ2n) is 6.50. The lowest BCUT2D eigenvalue weighted by atomic mass is 10.1. The zero-order chi connectivity index (χ0) is 20.7. The molecule has 29 heavy (non-hydrogen) atoms. The Morgan fingerprint density at radius 3 is 2.52 bits per heavy atom. The molecule has 5 nitrogen and oxygen atoms in total. The average Bonchev–Trinajstić information content (AvgIpc) is 3.09. The van der Waals surface area contributed by atoms with Crippen molar-refractivity contribution in [3.8, 4) is 0 Å². The van der Waals surface area contributed by atoms with Gasteiger partial charge in [-0.05, 0) is 37.1 Å². The molecule has 0 fully saturated rings. The van der Waals surface area contributed by atoms with E-state index < -0.39 is 11.9 Å². The first kappa shape index (κ1) is 25.5. The summed E-state index contributed by atoms with van der Waals surface area (Å²) in [6, 6.07) is 6.23. The predicted molar refractivity (Wildman–Crippen MR) is 125 cm³/mol. The summed E-state index contributed by atoms with van der Waals surface area (Å²) in [6.07, 6.45) is -3.99. The van der Waals surface area contributed by atoms with Gasteiger partial charge >= 0.3 is 6.18 Å². The van der Waals surface area contributed by atoms with E-state index in [-0.39, 0.29) is 24.0 Å². The SMILES string of the molecule is CCNC(=NCc1ccc(N(C)C)cc1C)NCCc1nc(C(F)(F)F)cs1.I. The number of guanidine groups is 1. The van der Waals surface area contributed by atoms with Crippen LogP contribution in [0.25, 0.3) is 0 Å². The number of aliphatic imine (C=N–C) groups is 1. The normalized spacial score (nSPS) is 11.8. The van der Waals surface area contributed by atoms with E-state index in [1.54, 1.807) is 0 Å². The summed E-state index contributed by atoms with van der Waals surface area (Å²) in [5.41, 5.74) is 2.59. The Balaban J connectivity index is 0.00000420. The molecule has 0 aliphatic rings. The molecule has 10 heteroatoms. The molecule has 0 spiro atoms. The molecule has 1 heterocycles. The molecule has 2 rings (SSSR count). The molecular weight excluding hydrogens is 514 g/mol. The molecule has 0 aliphatic carbocycles.